The molecule has 3 aromatic rings. The predicted molar refractivity (Wildman–Crippen MR) is 123 cm³/mol. The lowest BCUT2D eigenvalue weighted by molar-refractivity contribution is 0.0108. The van der Waals surface area contributed by atoms with E-state index >= 15 is 0 Å². The van der Waals surface area contributed by atoms with Crippen LogP contribution < -0.4 is 0 Å². The third kappa shape index (κ3) is 4.41. The quantitative estimate of drug-likeness (QED) is 0.557. The van der Waals surface area contributed by atoms with Gasteiger partial charge in [-0.1, -0.05) is 36.9 Å². The second-order valence-corrected chi connectivity index (χ2v) is 8.01. The van der Waals surface area contributed by atoms with Crippen LogP contribution in [0.15, 0.2) is 83.3 Å². The number of allylic oxidation sites excluding steroid dienone is 4. The summed E-state index contributed by atoms with van der Waals surface area (Å²) < 4.78 is 19.2. The molecule has 1 N–H and O–H groups in total. The van der Waals surface area contributed by atoms with E-state index in [1.807, 2.05) is 25.2 Å². The van der Waals surface area contributed by atoms with Crippen molar-refractivity contribution in [3.63, 3.8) is 0 Å². The number of fused-ring (bicyclic) bond motifs is 1. The van der Waals surface area contributed by atoms with E-state index in [1.165, 1.54) is 12.1 Å². The molecule has 5 nitrogen and oxygen atoms in total. The molecule has 6 heteroatoms. The van der Waals surface area contributed by atoms with Gasteiger partial charge in [0.1, 0.15) is 11.3 Å². The molecule has 1 aliphatic heterocycles. The SMILES string of the molecule is C=C/C=C\C=C(/C)C1(O)CCN(C(=O)c2ccc3oc(-c4cccc(F)c4)nc3c2)CC1. The first-order valence-corrected chi connectivity index (χ1v) is 10.5. The van der Waals surface area contributed by atoms with Crippen LogP contribution in [0.5, 0.6) is 0 Å². The topological polar surface area (TPSA) is 66.6 Å². The highest BCUT2D eigenvalue weighted by Crippen LogP contribution is 2.31. The summed E-state index contributed by atoms with van der Waals surface area (Å²) in [6.45, 7) is 6.45. The van der Waals surface area contributed by atoms with Gasteiger partial charge in [-0.05, 0) is 61.7 Å². The highest BCUT2D eigenvalue weighted by molar-refractivity contribution is 5.97. The first-order chi connectivity index (χ1) is 15.4. The summed E-state index contributed by atoms with van der Waals surface area (Å²) in [6, 6.07) is 11.1. The van der Waals surface area contributed by atoms with Gasteiger partial charge in [-0.2, -0.15) is 0 Å². The van der Waals surface area contributed by atoms with E-state index < -0.39 is 5.60 Å². The van der Waals surface area contributed by atoms with E-state index in [9.17, 15) is 14.3 Å². The second kappa shape index (κ2) is 8.93. The van der Waals surface area contributed by atoms with Crippen LogP contribution in [0.1, 0.15) is 30.1 Å². The van der Waals surface area contributed by atoms with E-state index in [0.717, 1.165) is 5.57 Å². The number of aliphatic hydroxyl groups is 1. The monoisotopic (exact) mass is 432 g/mol. The van der Waals surface area contributed by atoms with E-state index in [1.54, 1.807) is 41.3 Å². The van der Waals surface area contributed by atoms with Crippen LogP contribution in [-0.2, 0) is 0 Å². The Bertz CT molecular complexity index is 1220. The van der Waals surface area contributed by atoms with Gasteiger partial charge in [0.25, 0.3) is 5.91 Å². The van der Waals surface area contributed by atoms with Gasteiger partial charge in [-0.3, -0.25) is 4.79 Å². The molecule has 1 amide bonds. The number of piperidine rings is 1. The van der Waals surface area contributed by atoms with Crippen molar-refractivity contribution in [1.29, 1.82) is 0 Å². The second-order valence-electron chi connectivity index (χ2n) is 8.01. The fourth-order valence-electron chi connectivity index (χ4n) is 3.90. The van der Waals surface area contributed by atoms with Crippen molar-refractivity contribution >= 4 is 17.0 Å². The number of carbonyl (C=O) groups excluding carboxylic acids is 1. The van der Waals surface area contributed by atoms with Crippen molar-refractivity contribution in [2.24, 2.45) is 0 Å². The Morgan fingerprint density at radius 2 is 2.00 bits per heavy atom. The van der Waals surface area contributed by atoms with Crippen molar-refractivity contribution in [3.05, 3.63) is 90.3 Å². The Hall–Kier alpha value is -3.51. The number of oxazole rings is 1. The minimum absolute atomic E-state index is 0.113. The zero-order valence-electron chi connectivity index (χ0n) is 17.9. The predicted octanol–water partition coefficient (Wildman–Crippen LogP) is 5.29. The molecule has 0 atom stereocenters. The normalized spacial score (nSPS) is 16.6. The van der Waals surface area contributed by atoms with Gasteiger partial charge >= 0.3 is 0 Å². The standard InChI is InChI=1S/C26H25FN2O3/c1-3-4-5-7-18(2)26(31)12-14-29(15-13-26)25(30)20-10-11-23-22(17-20)28-24(32-23)19-8-6-9-21(27)16-19/h3-11,16-17,31H,1,12-15H2,2H3/b5-4-,18-7+. The first kappa shape index (κ1) is 21.7. The Labute approximate surface area is 186 Å². The van der Waals surface area contributed by atoms with Crippen LogP contribution in [0, 0.1) is 5.82 Å². The van der Waals surface area contributed by atoms with Gasteiger partial charge in [-0.25, -0.2) is 9.37 Å². The number of rotatable bonds is 5. The van der Waals surface area contributed by atoms with Crippen molar-refractivity contribution in [3.8, 4) is 11.5 Å². The van der Waals surface area contributed by atoms with Crippen molar-refractivity contribution < 1.29 is 18.7 Å². The van der Waals surface area contributed by atoms with E-state index in [2.05, 4.69) is 11.6 Å². The van der Waals surface area contributed by atoms with Crippen molar-refractivity contribution in [1.82, 2.24) is 9.88 Å². The fraction of sp³-hybridized carbons (Fsp3) is 0.231. The number of halogens is 1. The zero-order valence-corrected chi connectivity index (χ0v) is 17.9. The molecule has 1 fully saturated rings. The number of carbonyl (C=O) groups is 1. The Kier molecular flexibility index (Phi) is 6.06. The molecular formula is C26H25FN2O3. The molecule has 0 saturated carbocycles. The Morgan fingerprint density at radius 3 is 2.72 bits per heavy atom. The maximum atomic E-state index is 13.5. The van der Waals surface area contributed by atoms with Gasteiger partial charge in [0.2, 0.25) is 5.89 Å². The molecule has 1 aromatic heterocycles. The van der Waals surface area contributed by atoms with Crippen LogP contribution in [0.4, 0.5) is 4.39 Å². The molecule has 0 spiro atoms. The molecule has 1 saturated heterocycles. The molecule has 0 bridgehead atoms. The lowest BCUT2D eigenvalue weighted by atomic mass is 9.84. The third-order valence-electron chi connectivity index (χ3n) is 5.91. The van der Waals surface area contributed by atoms with Crippen molar-refractivity contribution in [2.75, 3.05) is 13.1 Å². The van der Waals surface area contributed by atoms with Gasteiger partial charge < -0.3 is 14.4 Å². The number of likely N-dealkylation sites (tertiary alicyclic amines) is 1. The molecule has 1 aliphatic rings. The Morgan fingerprint density at radius 1 is 1.22 bits per heavy atom. The molecule has 164 valence electrons. The molecule has 4 rings (SSSR count). The maximum absolute atomic E-state index is 13.5. The van der Waals surface area contributed by atoms with Crippen molar-refractivity contribution in [2.45, 2.75) is 25.4 Å². The van der Waals surface area contributed by atoms with Crippen LogP contribution >= 0.6 is 0 Å². The Balaban J connectivity index is 1.49. The van der Waals surface area contributed by atoms with E-state index in [-0.39, 0.29) is 11.7 Å². The highest BCUT2D eigenvalue weighted by Gasteiger charge is 2.35. The lowest BCUT2D eigenvalue weighted by Crippen LogP contribution is -2.47. The zero-order chi connectivity index (χ0) is 22.7. The maximum Gasteiger partial charge on any atom is 0.253 e. The summed E-state index contributed by atoms with van der Waals surface area (Å²) in [6.07, 6.45) is 8.17. The number of amides is 1. The van der Waals surface area contributed by atoms with E-state index in [0.29, 0.717) is 54.0 Å². The number of hydrogen-bond donors (Lipinski definition) is 1. The summed E-state index contributed by atoms with van der Waals surface area (Å²) in [5.41, 5.74) is 2.06. The summed E-state index contributed by atoms with van der Waals surface area (Å²) >= 11 is 0. The molecule has 32 heavy (non-hydrogen) atoms. The number of aromatic nitrogens is 1. The molecular weight excluding hydrogens is 407 g/mol. The molecule has 0 aliphatic carbocycles. The molecule has 0 unspecified atom stereocenters. The highest BCUT2D eigenvalue weighted by atomic mass is 19.1. The lowest BCUT2D eigenvalue weighted by Gasteiger charge is -2.39. The number of hydrogen-bond acceptors (Lipinski definition) is 4. The van der Waals surface area contributed by atoms with Crippen LogP contribution in [-0.4, -0.2) is 39.6 Å². The third-order valence-corrected chi connectivity index (χ3v) is 5.91. The summed E-state index contributed by atoms with van der Waals surface area (Å²) in [5.74, 6) is -0.176. The first-order valence-electron chi connectivity index (χ1n) is 10.5. The van der Waals surface area contributed by atoms with Gasteiger partial charge in [0.05, 0.1) is 5.60 Å². The smallest absolute Gasteiger partial charge is 0.253 e. The van der Waals surface area contributed by atoms with Gasteiger partial charge in [0, 0.05) is 24.2 Å². The molecule has 2 heterocycles. The largest absolute Gasteiger partial charge is 0.436 e. The fourth-order valence-corrected chi connectivity index (χ4v) is 3.90. The molecule has 0 radical (unpaired) electrons. The van der Waals surface area contributed by atoms with E-state index in [4.69, 9.17) is 4.42 Å². The summed E-state index contributed by atoms with van der Waals surface area (Å²) in [5, 5.41) is 11.0. The average Bonchev–Trinajstić information content (AvgIpc) is 3.23. The van der Waals surface area contributed by atoms with Crippen LogP contribution in [0.3, 0.4) is 0 Å². The average molecular weight is 432 g/mol. The molecule has 2 aromatic carbocycles. The minimum atomic E-state index is -0.918. The summed E-state index contributed by atoms with van der Waals surface area (Å²) in [4.78, 5) is 19.2. The number of benzene rings is 2. The summed E-state index contributed by atoms with van der Waals surface area (Å²) in [7, 11) is 0. The van der Waals surface area contributed by atoms with Crippen LogP contribution in [0.2, 0.25) is 0 Å². The number of nitrogens with zero attached hydrogens (tertiary/aromatic N) is 2. The van der Waals surface area contributed by atoms with Crippen LogP contribution in [0.25, 0.3) is 22.6 Å². The minimum Gasteiger partial charge on any atom is -0.436 e. The van der Waals surface area contributed by atoms with Gasteiger partial charge in [0.15, 0.2) is 5.58 Å². The van der Waals surface area contributed by atoms with Gasteiger partial charge in [-0.15, -0.1) is 0 Å².